The minimum atomic E-state index is 0.660. The molecule has 0 amide bonds. The minimum Gasteiger partial charge on any atom is -0.309 e. The van der Waals surface area contributed by atoms with Gasteiger partial charge in [-0.3, -0.25) is 9.55 Å². The molecule has 0 unspecified atom stereocenters. The zero-order valence-electron chi connectivity index (χ0n) is 24.5. The zero-order chi connectivity index (χ0) is 30.2. The van der Waals surface area contributed by atoms with Gasteiger partial charge in [0.15, 0.2) is 5.82 Å². The highest BCUT2D eigenvalue weighted by Gasteiger charge is 2.21. The molecule has 0 aliphatic rings. The molecule has 0 saturated carbocycles. The van der Waals surface area contributed by atoms with E-state index in [1.807, 2.05) is 6.07 Å². The monoisotopic (exact) mass is 588 g/mol. The van der Waals surface area contributed by atoms with Crippen LogP contribution in [0.5, 0.6) is 0 Å². The van der Waals surface area contributed by atoms with Crippen LogP contribution < -0.4 is 0 Å². The third-order valence-corrected chi connectivity index (χ3v) is 9.09. The first-order chi connectivity index (χ1) is 22.8. The Kier molecular flexibility index (Phi) is 5.19. The first kappa shape index (κ1) is 25.0. The van der Waals surface area contributed by atoms with Gasteiger partial charge in [-0.05, 0) is 53.2 Å². The van der Waals surface area contributed by atoms with Crippen molar-refractivity contribution in [1.82, 2.24) is 29.3 Å². The van der Waals surface area contributed by atoms with Crippen LogP contribution in [0, 0.1) is 0 Å². The summed E-state index contributed by atoms with van der Waals surface area (Å²) in [5, 5.41) is 16.9. The molecule has 0 N–H and O–H groups in total. The van der Waals surface area contributed by atoms with Crippen molar-refractivity contribution in [3.8, 4) is 22.8 Å². The molecule has 6 aromatic carbocycles. The van der Waals surface area contributed by atoms with Crippen molar-refractivity contribution in [2.24, 2.45) is 0 Å². The lowest BCUT2D eigenvalue weighted by Gasteiger charge is -2.12. The Bertz CT molecular complexity index is 2810. The van der Waals surface area contributed by atoms with Gasteiger partial charge >= 0.3 is 0 Å². The summed E-state index contributed by atoms with van der Waals surface area (Å²) < 4.78 is 4.49. The van der Waals surface area contributed by atoms with Crippen LogP contribution in [0.15, 0.2) is 146 Å². The van der Waals surface area contributed by atoms with Gasteiger partial charge in [0.2, 0.25) is 0 Å². The van der Waals surface area contributed by atoms with E-state index < -0.39 is 0 Å². The summed E-state index contributed by atoms with van der Waals surface area (Å²) in [6.45, 7) is 0. The minimum absolute atomic E-state index is 0.660. The van der Waals surface area contributed by atoms with Crippen LogP contribution in [0.4, 0.5) is 0 Å². The van der Waals surface area contributed by atoms with Crippen LogP contribution in [0.3, 0.4) is 0 Å². The molecule has 6 nitrogen and oxygen atoms in total. The topological polar surface area (TPSA) is 61.4 Å². The molecular formula is C40H24N6. The average molecular weight is 589 g/mol. The fourth-order valence-corrected chi connectivity index (χ4v) is 7.07. The van der Waals surface area contributed by atoms with E-state index in [0.29, 0.717) is 22.5 Å². The summed E-state index contributed by atoms with van der Waals surface area (Å²) in [6, 6.07) is 46.9. The van der Waals surface area contributed by atoms with Crippen LogP contribution in [0.25, 0.3) is 88.2 Å². The summed E-state index contributed by atoms with van der Waals surface area (Å²) >= 11 is 0. The quantitative estimate of drug-likeness (QED) is 0.206. The molecule has 0 fully saturated rings. The second kappa shape index (κ2) is 9.55. The Labute approximate surface area is 262 Å². The van der Waals surface area contributed by atoms with Crippen molar-refractivity contribution < 1.29 is 0 Å². The fourth-order valence-electron chi connectivity index (χ4n) is 7.07. The summed E-state index contributed by atoms with van der Waals surface area (Å²) in [5.74, 6) is 0.660. The van der Waals surface area contributed by atoms with Crippen LogP contribution in [0.1, 0.15) is 0 Å². The van der Waals surface area contributed by atoms with E-state index in [4.69, 9.17) is 20.2 Å². The van der Waals surface area contributed by atoms with Gasteiger partial charge in [0.25, 0.3) is 0 Å². The Morgan fingerprint density at radius 1 is 0.413 bits per heavy atom. The molecule has 10 aromatic rings. The molecule has 0 radical (unpaired) electrons. The molecule has 46 heavy (non-hydrogen) atoms. The molecule has 10 rings (SSSR count). The fraction of sp³-hybridized carbons (Fsp3) is 0. The molecule has 0 spiro atoms. The van der Waals surface area contributed by atoms with Crippen molar-refractivity contribution in [2.45, 2.75) is 0 Å². The van der Waals surface area contributed by atoms with Crippen LogP contribution >= 0.6 is 0 Å². The lowest BCUT2D eigenvalue weighted by molar-refractivity contribution is 0.965. The predicted octanol–water partition coefficient (Wildman–Crippen LogP) is 9.43. The highest BCUT2D eigenvalue weighted by molar-refractivity contribution is 6.14. The number of hydrogen-bond donors (Lipinski definition) is 0. The Hall–Kier alpha value is -6.40. The van der Waals surface area contributed by atoms with Gasteiger partial charge < -0.3 is 4.57 Å². The molecule has 0 bridgehead atoms. The number of aromatic nitrogens is 6. The first-order valence-electron chi connectivity index (χ1n) is 15.3. The summed E-state index contributed by atoms with van der Waals surface area (Å²) in [6.07, 6.45) is 3.47. The average Bonchev–Trinajstić information content (AvgIpc) is 3.62. The second-order valence-electron chi connectivity index (χ2n) is 11.6. The lowest BCUT2D eigenvalue weighted by atomic mass is 10.1. The third-order valence-electron chi connectivity index (χ3n) is 9.09. The highest BCUT2D eigenvalue weighted by atomic mass is 15.2. The second-order valence-corrected chi connectivity index (χ2v) is 11.6. The van der Waals surface area contributed by atoms with Crippen molar-refractivity contribution in [3.05, 3.63) is 146 Å². The molecular weight excluding hydrogens is 564 g/mol. The maximum absolute atomic E-state index is 4.91. The zero-order valence-corrected chi connectivity index (χ0v) is 24.5. The molecule has 4 aromatic heterocycles. The van der Waals surface area contributed by atoms with E-state index >= 15 is 0 Å². The van der Waals surface area contributed by atoms with Gasteiger partial charge in [0.1, 0.15) is 16.7 Å². The summed E-state index contributed by atoms with van der Waals surface area (Å²) in [4.78, 5) is 9.73. The molecule has 214 valence electrons. The van der Waals surface area contributed by atoms with Crippen LogP contribution in [-0.4, -0.2) is 29.3 Å². The normalized spacial score (nSPS) is 11.9. The predicted molar refractivity (Wildman–Crippen MR) is 187 cm³/mol. The number of hydrogen-bond acceptors (Lipinski definition) is 4. The summed E-state index contributed by atoms with van der Waals surface area (Å²) in [5.41, 5.74) is 8.52. The summed E-state index contributed by atoms with van der Waals surface area (Å²) in [7, 11) is 0. The number of para-hydroxylation sites is 3. The highest BCUT2D eigenvalue weighted by Crippen LogP contribution is 2.38. The number of benzene rings is 6. The number of nitrogens with zero attached hydrogens (tertiary/aromatic N) is 6. The van der Waals surface area contributed by atoms with Crippen LogP contribution in [-0.2, 0) is 0 Å². The van der Waals surface area contributed by atoms with Gasteiger partial charge in [0, 0.05) is 45.2 Å². The van der Waals surface area contributed by atoms with E-state index in [-0.39, 0.29) is 0 Å². The maximum Gasteiger partial charge on any atom is 0.188 e. The lowest BCUT2D eigenvalue weighted by Crippen LogP contribution is -2.04. The Morgan fingerprint density at radius 3 is 1.83 bits per heavy atom. The molecule has 0 aliphatic carbocycles. The van der Waals surface area contributed by atoms with E-state index in [1.165, 1.54) is 21.5 Å². The van der Waals surface area contributed by atoms with E-state index in [0.717, 1.165) is 44.1 Å². The van der Waals surface area contributed by atoms with Gasteiger partial charge in [-0.25, -0.2) is 4.98 Å². The van der Waals surface area contributed by atoms with Crippen LogP contribution in [0.2, 0.25) is 0 Å². The van der Waals surface area contributed by atoms with Gasteiger partial charge in [-0.1, -0.05) is 91.0 Å². The largest absolute Gasteiger partial charge is 0.309 e. The standard InChI is InChI=1S/C40H24N6/c1-2-12-28(13-3-1)45-33-16-8-6-14-29(33)31-19-18-27(24-35(31)45)37-38-39(42-21-20-41-38)40(44-43-37)46-34-17-9-7-15-30(34)32-22-25-10-4-5-11-26(25)23-36(32)46/h1-24H. The van der Waals surface area contributed by atoms with E-state index in [9.17, 15) is 0 Å². The van der Waals surface area contributed by atoms with Gasteiger partial charge in [0.05, 0.1) is 22.1 Å². The first-order valence-corrected chi connectivity index (χ1v) is 15.3. The Morgan fingerprint density at radius 2 is 1.02 bits per heavy atom. The van der Waals surface area contributed by atoms with Crippen molar-refractivity contribution >= 4 is 65.4 Å². The molecule has 4 heterocycles. The van der Waals surface area contributed by atoms with Crippen molar-refractivity contribution in [1.29, 1.82) is 0 Å². The van der Waals surface area contributed by atoms with E-state index in [1.54, 1.807) is 12.4 Å². The number of fused-ring (bicyclic) bond motifs is 8. The van der Waals surface area contributed by atoms with Gasteiger partial charge in [-0.15, -0.1) is 10.2 Å². The van der Waals surface area contributed by atoms with E-state index in [2.05, 4.69) is 137 Å². The molecule has 0 saturated heterocycles. The molecule has 0 aliphatic heterocycles. The third kappa shape index (κ3) is 3.52. The SMILES string of the molecule is c1ccc(-n2c3ccccc3c3ccc(-c4nnc(-n5c6ccccc6c6cc7ccccc7cc65)c5nccnc45)cc32)cc1. The van der Waals surface area contributed by atoms with Crippen molar-refractivity contribution in [3.63, 3.8) is 0 Å². The Balaban J connectivity index is 1.24. The smallest absolute Gasteiger partial charge is 0.188 e. The maximum atomic E-state index is 4.91. The molecule has 0 atom stereocenters. The van der Waals surface area contributed by atoms with Crippen molar-refractivity contribution in [2.75, 3.05) is 0 Å². The molecule has 6 heteroatoms. The number of rotatable bonds is 3. The van der Waals surface area contributed by atoms with Gasteiger partial charge in [-0.2, -0.15) is 0 Å².